The zero-order valence-corrected chi connectivity index (χ0v) is 7.34. The predicted octanol–water partition coefficient (Wildman–Crippen LogP) is 0.324. The van der Waals surface area contributed by atoms with E-state index >= 15 is 0 Å². The Morgan fingerprint density at radius 1 is 1.64 bits per heavy atom. The van der Waals surface area contributed by atoms with Gasteiger partial charge in [-0.2, -0.15) is 0 Å². The van der Waals surface area contributed by atoms with Gasteiger partial charge in [0.2, 0.25) is 0 Å². The van der Waals surface area contributed by atoms with Crippen LogP contribution in [0.4, 0.5) is 0 Å². The summed E-state index contributed by atoms with van der Waals surface area (Å²) in [5.41, 5.74) is 0. The maximum atomic E-state index is 5.77. The lowest BCUT2D eigenvalue weighted by atomic mass is 10.1. The van der Waals surface area contributed by atoms with E-state index in [2.05, 4.69) is 5.32 Å². The molecule has 1 heterocycles. The van der Waals surface area contributed by atoms with Crippen molar-refractivity contribution in [1.29, 1.82) is 0 Å². The highest BCUT2D eigenvalue weighted by atomic mass is 15.4. The van der Waals surface area contributed by atoms with Gasteiger partial charge in [0.15, 0.2) is 0 Å². The Morgan fingerprint density at radius 2 is 2.45 bits per heavy atom. The van der Waals surface area contributed by atoms with E-state index in [4.69, 9.17) is 5.84 Å². The number of hydrogen-bond acceptors (Lipinski definition) is 3. The Hall–Kier alpha value is -0.120. The third-order valence-corrected chi connectivity index (χ3v) is 2.39. The van der Waals surface area contributed by atoms with Crippen LogP contribution in [0, 0.1) is 0 Å². The average Bonchev–Trinajstić information content (AvgIpc) is 2.37. The molecule has 1 atom stereocenters. The summed E-state index contributed by atoms with van der Waals surface area (Å²) in [6, 6.07) is 0.656. The molecule has 3 N–H and O–H groups in total. The van der Waals surface area contributed by atoms with Crippen LogP contribution in [0.15, 0.2) is 0 Å². The first kappa shape index (κ1) is 8.97. The molecule has 0 aliphatic carbocycles. The van der Waals surface area contributed by atoms with Gasteiger partial charge in [-0.05, 0) is 39.3 Å². The van der Waals surface area contributed by atoms with E-state index in [9.17, 15) is 0 Å². The third-order valence-electron chi connectivity index (χ3n) is 2.39. The van der Waals surface area contributed by atoms with Gasteiger partial charge in [0.1, 0.15) is 0 Å². The Balaban J connectivity index is 2.05. The van der Waals surface area contributed by atoms with E-state index < -0.39 is 0 Å². The monoisotopic (exact) mass is 157 g/mol. The fourth-order valence-corrected chi connectivity index (χ4v) is 1.68. The van der Waals surface area contributed by atoms with Gasteiger partial charge < -0.3 is 5.32 Å². The van der Waals surface area contributed by atoms with Crippen molar-refractivity contribution in [2.75, 3.05) is 20.1 Å². The molecule has 0 aromatic heterocycles. The maximum Gasteiger partial charge on any atom is 0.0242 e. The van der Waals surface area contributed by atoms with Crippen LogP contribution in [0.25, 0.3) is 0 Å². The van der Waals surface area contributed by atoms with Gasteiger partial charge >= 0.3 is 0 Å². The molecule has 3 heteroatoms. The highest BCUT2D eigenvalue weighted by Gasteiger charge is 2.20. The number of nitrogens with two attached hydrogens (primary N) is 1. The standard InChI is InChI=1S/C8H19N3/c1-10-6-2-4-8-5-3-7-11(8)9/h8,10H,2-7,9H2,1H3. The van der Waals surface area contributed by atoms with E-state index in [-0.39, 0.29) is 0 Å². The van der Waals surface area contributed by atoms with Crippen LogP contribution in [0.3, 0.4) is 0 Å². The second-order valence-corrected chi connectivity index (χ2v) is 3.28. The summed E-state index contributed by atoms with van der Waals surface area (Å²) in [6.45, 7) is 2.20. The first-order valence-corrected chi connectivity index (χ1v) is 4.50. The summed E-state index contributed by atoms with van der Waals surface area (Å²) >= 11 is 0. The molecule has 0 aromatic carbocycles. The van der Waals surface area contributed by atoms with Gasteiger partial charge in [-0.15, -0.1) is 0 Å². The topological polar surface area (TPSA) is 41.3 Å². The highest BCUT2D eigenvalue weighted by Crippen LogP contribution is 2.16. The summed E-state index contributed by atoms with van der Waals surface area (Å²) in [5, 5.41) is 5.14. The van der Waals surface area contributed by atoms with Crippen LogP contribution in [-0.4, -0.2) is 31.2 Å². The molecule has 1 saturated heterocycles. The van der Waals surface area contributed by atoms with Gasteiger partial charge in [-0.1, -0.05) is 0 Å². The van der Waals surface area contributed by atoms with Crippen LogP contribution < -0.4 is 11.2 Å². The summed E-state index contributed by atoms with van der Waals surface area (Å²) < 4.78 is 0. The van der Waals surface area contributed by atoms with Gasteiger partial charge in [0.05, 0.1) is 0 Å². The van der Waals surface area contributed by atoms with Gasteiger partial charge in [0, 0.05) is 12.6 Å². The van der Waals surface area contributed by atoms with E-state index in [1.54, 1.807) is 0 Å². The largest absolute Gasteiger partial charge is 0.320 e. The molecule has 1 fully saturated rings. The van der Waals surface area contributed by atoms with Crippen LogP contribution in [-0.2, 0) is 0 Å². The van der Waals surface area contributed by atoms with Crippen molar-refractivity contribution in [2.24, 2.45) is 5.84 Å². The minimum absolute atomic E-state index is 0.656. The molecule has 0 spiro atoms. The highest BCUT2D eigenvalue weighted by molar-refractivity contribution is 4.74. The summed E-state index contributed by atoms with van der Waals surface area (Å²) in [4.78, 5) is 0. The average molecular weight is 157 g/mol. The van der Waals surface area contributed by atoms with Crippen molar-refractivity contribution in [3.05, 3.63) is 0 Å². The summed E-state index contributed by atoms with van der Waals surface area (Å²) in [5.74, 6) is 5.77. The minimum atomic E-state index is 0.656. The normalized spacial score (nSPS) is 26.2. The van der Waals surface area contributed by atoms with Crippen molar-refractivity contribution in [1.82, 2.24) is 10.3 Å². The number of hydrazine groups is 1. The molecule has 1 rings (SSSR count). The smallest absolute Gasteiger partial charge is 0.0242 e. The van der Waals surface area contributed by atoms with E-state index in [1.807, 2.05) is 12.1 Å². The fraction of sp³-hybridized carbons (Fsp3) is 1.00. The van der Waals surface area contributed by atoms with Crippen molar-refractivity contribution in [3.63, 3.8) is 0 Å². The molecule has 1 aliphatic heterocycles. The molecule has 0 aromatic rings. The summed E-state index contributed by atoms with van der Waals surface area (Å²) in [6.07, 6.45) is 5.06. The molecule has 0 radical (unpaired) electrons. The van der Waals surface area contributed by atoms with Crippen LogP contribution in [0.5, 0.6) is 0 Å². The first-order chi connectivity index (χ1) is 5.34. The Kier molecular flexibility index (Phi) is 3.83. The number of hydrogen-bond donors (Lipinski definition) is 2. The van der Waals surface area contributed by atoms with Crippen LogP contribution >= 0.6 is 0 Å². The van der Waals surface area contributed by atoms with Crippen molar-refractivity contribution in [2.45, 2.75) is 31.7 Å². The molecular formula is C8H19N3. The van der Waals surface area contributed by atoms with Crippen molar-refractivity contribution < 1.29 is 0 Å². The molecule has 11 heavy (non-hydrogen) atoms. The molecule has 1 aliphatic rings. The second-order valence-electron chi connectivity index (χ2n) is 3.28. The van der Waals surface area contributed by atoms with Gasteiger partial charge in [0.25, 0.3) is 0 Å². The Bertz CT molecular complexity index is 106. The molecule has 0 saturated carbocycles. The zero-order chi connectivity index (χ0) is 8.10. The van der Waals surface area contributed by atoms with Crippen molar-refractivity contribution in [3.8, 4) is 0 Å². The maximum absolute atomic E-state index is 5.77. The molecule has 0 bridgehead atoms. The molecule has 66 valence electrons. The SMILES string of the molecule is CNCCCC1CCCN1N. The molecule has 1 unspecified atom stereocenters. The molecule has 0 amide bonds. The Morgan fingerprint density at radius 3 is 3.00 bits per heavy atom. The van der Waals surface area contributed by atoms with E-state index in [1.165, 1.54) is 25.7 Å². The number of nitrogens with one attached hydrogen (secondary N) is 1. The lowest BCUT2D eigenvalue weighted by molar-refractivity contribution is 0.247. The Labute approximate surface area is 68.9 Å². The predicted molar refractivity (Wildman–Crippen MR) is 47.1 cm³/mol. The molecule has 3 nitrogen and oxygen atoms in total. The molecular weight excluding hydrogens is 138 g/mol. The lowest BCUT2D eigenvalue weighted by Crippen LogP contribution is -2.36. The zero-order valence-electron chi connectivity index (χ0n) is 7.34. The minimum Gasteiger partial charge on any atom is -0.320 e. The van der Waals surface area contributed by atoms with Gasteiger partial charge in [-0.25, -0.2) is 5.01 Å². The quantitative estimate of drug-likeness (QED) is 0.456. The van der Waals surface area contributed by atoms with Crippen LogP contribution in [0.1, 0.15) is 25.7 Å². The number of rotatable bonds is 4. The third kappa shape index (κ3) is 2.77. The first-order valence-electron chi connectivity index (χ1n) is 4.50. The number of nitrogens with zero attached hydrogens (tertiary/aromatic N) is 1. The van der Waals surface area contributed by atoms with Gasteiger partial charge in [-0.3, -0.25) is 5.84 Å². The fourth-order valence-electron chi connectivity index (χ4n) is 1.68. The van der Waals surface area contributed by atoms with Crippen LogP contribution in [0.2, 0.25) is 0 Å². The lowest BCUT2D eigenvalue weighted by Gasteiger charge is -2.18. The van der Waals surface area contributed by atoms with E-state index in [0.29, 0.717) is 6.04 Å². The second kappa shape index (κ2) is 4.70. The van der Waals surface area contributed by atoms with E-state index in [0.717, 1.165) is 13.1 Å². The van der Waals surface area contributed by atoms with Crippen molar-refractivity contribution >= 4 is 0 Å². The summed E-state index contributed by atoms with van der Waals surface area (Å²) in [7, 11) is 1.99.